The van der Waals surface area contributed by atoms with Gasteiger partial charge in [0.25, 0.3) is 0 Å². The molecule has 9 aromatic carbocycles. The number of fused-ring (bicyclic) bond motifs is 3. The number of pyridine rings is 6. The summed E-state index contributed by atoms with van der Waals surface area (Å²) in [6, 6.07) is 120. The van der Waals surface area contributed by atoms with E-state index in [1.165, 1.54) is 31.8 Å². The van der Waals surface area contributed by atoms with Gasteiger partial charge in [0.1, 0.15) is 0 Å². The van der Waals surface area contributed by atoms with Crippen LogP contribution in [0.5, 0.6) is 0 Å². The van der Waals surface area contributed by atoms with Gasteiger partial charge in [0.2, 0.25) is 0 Å². The Morgan fingerprint density at radius 3 is 0.621 bits per heavy atom. The van der Waals surface area contributed by atoms with E-state index in [0.717, 1.165) is 82.0 Å². The summed E-state index contributed by atoms with van der Waals surface area (Å²) < 4.78 is 0. The summed E-state index contributed by atoms with van der Waals surface area (Å²) in [4.78, 5) is 44.9. The minimum Gasteiger partial charge on any atom is -0.256 e. The molecule has 0 N–H and O–H groups in total. The summed E-state index contributed by atoms with van der Waals surface area (Å²) in [5, 5.41) is 10.7. The van der Waals surface area contributed by atoms with Crippen molar-refractivity contribution in [3.05, 3.63) is 364 Å². The normalized spacial score (nSPS) is 11.2. The smallest absolute Gasteiger partial charge is 0.164 e. The van der Waals surface area contributed by atoms with E-state index in [2.05, 4.69) is 270 Å². The molecule has 95 heavy (non-hydrogen) atoms. The first-order valence-electron chi connectivity index (χ1n) is 31.0. The van der Waals surface area contributed by atoms with E-state index >= 15 is 0 Å². The van der Waals surface area contributed by atoms with Gasteiger partial charge in [-0.05, 0) is 105 Å². The number of aromatic nitrogens is 9. The van der Waals surface area contributed by atoms with Crippen LogP contribution in [0, 0.1) is 0 Å². The van der Waals surface area contributed by atoms with Gasteiger partial charge in [-0.3, -0.25) is 15.0 Å². The molecule has 0 atom stereocenters. The van der Waals surface area contributed by atoms with E-state index in [-0.39, 0.29) is 0 Å². The van der Waals surface area contributed by atoms with Gasteiger partial charge in [-0.25, -0.2) is 29.9 Å². The molecule has 0 saturated heterocycles. The molecule has 7 heterocycles. The van der Waals surface area contributed by atoms with E-state index in [9.17, 15) is 0 Å². The van der Waals surface area contributed by atoms with Crippen molar-refractivity contribution in [2.24, 2.45) is 0 Å². The number of benzene rings is 9. The van der Waals surface area contributed by atoms with Gasteiger partial charge in [0, 0.05) is 74.4 Å². The largest absolute Gasteiger partial charge is 0.256 e. The molecule has 16 aromatic rings. The number of rotatable bonds is 15. The maximum absolute atomic E-state index is 5.46. The SMILES string of the molecule is c1ccc(P(c2ccccc2)c2nc(P(c3ccccc3)c3ccccc3)nc(P(c3ccccc3)c3ccccc3)n2)cc1.c1ccc(P(c2ccccn2)c2ccccn2)nc1.c1ccc2nc(P(c3ccc4ccccc4n3)c3ccc4ccccc4n3)ccc2c1. The van der Waals surface area contributed by atoms with Crippen molar-refractivity contribution in [3.8, 4) is 0 Å². The van der Waals surface area contributed by atoms with E-state index < -0.39 is 39.6 Å². The first-order valence-corrected chi connectivity index (χ1v) is 37.7. The van der Waals surface area contributed by atoms with Crippen molar-refractivity contribution in [1.29, 1.82) is 0 Å². The Hall–Kier alpha value is -10.2. The fourth-order valence-electron chi connectivity index (χ4n) is 10.9. The molecule has 0 aliphatic rings. The zero-order valence-corrected chi connectivity index (χ0v) is 55.9. The highest BCUT2D eigenvalue weighted by molar-refractivity contribution is 7.82. The first-order chi connectivity index (χ1) is 47.1. The highest BCUT2D eigenvalue weighted by atomic mass is 31.1. The number of nitrogens with zero attached hydrogens (tertiary/aromatic N) is 9. The Kier molecular flexibility index (Phi) is 20.1. The molecule has 0 aliphatic heterocycles. The molecule has 0 unspecified atom stereocenters. The molecule has 9 nitrogen and oxygen atoms in total. The van der Waals surface area contributed by atoms with Gasteiger partial charge in [-0.15, -0.1) is 0 Å². The summed E-state index contributed by atoms with van der Waals surface area (Å²) in [6.07, 6.45) is 5.45. The first kappa shape index (κ1) is 62.3. The van der Waals surface area contributed by atoms with Gasteiger partial charge in [-0.1, -0.05) is 273 Å². The molecule has 0 fully saturated rings. The molecule has 7 aromatic heterocycles. The lowest BCUT2D eigenvalue weighted by Crippen LogP contribution is -2.41. The maximum atomic E-state index is 5.46. The highest BCUT2D eigenvalue weighted by Gasteiger charge is 2.30. The summed E-state index contributed by atoms with van der Waals surface area (Å²) in [5.74, 6) is 0. The van der Waals surface area contributed by atoms with Crippen LogP contribution in [0.15, 0.2) is 364 Å². The van der Waals surface area contributed by atoms with Crippen molar-refractivity contribution >= 4 is 153 Å². The van der Waals surface area contributed by atoms with Crippen LogP contribution in [0.4, 0.5) is 0 Å². The standard InChI is InChI=1S/C39H30N3P3.C27H18N3P.C15H12N3P/c1-7-19-31(20-8-1)43(32-21-9-2-10-22-32)37-40-38(44(33-23-11-3-12-24-33)34-25-13-4-14-26-34)42-39(41-37)45(35-27-15-5-16-28-35)36-29-17-6-18-30-36;1-4-10-22-19(7-1)13-16-25(28-22)31(26-17-14-20-8-2-5-11-23(20)29-26)27-18-15-21-9-3-6-12-24(21)30-27;1-4-10-16-13(7-1)19(14-8-2-5-11-17-14)15-9-3-6-12-18-15/h1-30H;1-18H;1-12H. The fraction of sp³-hybridized carbons (Fsp3) is 0. The number of hydrogen-bond donors (Lipinski definition) is 0. The molecule has 454 valence electrons. The van der Waals surface area contributed by atoms with Crippen LogP contribution < -0.4 is 81.1 Å². The summed E-state index contributed by atoms with van der Waals surface area (Å²) >= 11 is 0. The Labute approximate surface area is 559 Å². The Morgan fingerprint density at radius 1 is 0.158 bits per heavy atom. The second-order valence-corrected chi connectivity index (χ2v) is 32.0. The second kappa shape index (κ2) is 30.7. The molecule has 0 radical (unpaired) electrons. The number of hydrogen-bond acceptors (Lipinski definition) is 9. The third kappa shape index (κ3) is 14.9. The van der Waals surface area contributed by atoms with Crippen molar-refractivity contribution in [2.45, 2.75) is 0 Å². The molecule has 16 rings (SSSR count). The van der Waals surface area contributed by atoms with Gasteiger partial charge < -0.3 is 0 Å². The van der Waals surface area contributed by atoms with Crippen LogP contribution >= 0.6 is 39.6 Å². The van der Waals surface area contributed by atoms with E-state index in [1.54, 1.807) is 0 Å². The number of para-hydroxylation sites is 3. The van der Waals surface area contributed by atoms with Crippen LogP contribution in [0.25, 0.3) is 32.7 Å². The summed E-state index contributed by atoms with van der Waals surface area (Å²) in [5.41, 5.74) is 11.6. The molecule has 0 spiro atoms. The summed E-state index contributed by atoms with van der Waals surface area (Å²) in [6.45, 7) is 0. The third-order valence-electron chi connectivity index (χ3n) is 15.4. The van der Waals surface area contributed by atoms with Crippen molar-refractivity contribution < 1.29 is 0 Å². The fourth-order valence-corrected chi connectivity index (χ4v) is 21.4. The van der Waals surface area contributed by atoms with Crippen LogP contribution in [-0.2, 0) is 0 Å². The van der Waals surface area contributed by atoms with Crippen LogP contribution in [0.2, 0.25) is 0 Å². The Morgan fingerprint density at radius 2 is 0.379 bits per heavy atom. The van der Waals surface area contributed by atoms with Crippen LogP contribution in [0.3, 0.4) is 0 Å². The highest BCUT2D eigenvalue weighted by Crippen LogP contribution is 2.38. The molecule has 0 aliphatic carbocycles. The van der Waals surface area contributed by atoms with E-state index in [0.29, 0.717) is 0 Å². The molecule has 0 bridgehead atoms. The minimum absolute atomic E-state index is 0.779. The van der Waals surface area contributed by atoms with Gasteiger partial charge in [0.05, 0.1) is 49.2 Å². The van der Waals surface area contributed by atoms with Crippen LogP contribution in [0.1, 0.15) is 0 Å². The van der Waals surface area contributed by atoms with Crippen LogP contribution in [-0.4, -0.2) is 44.9 Å². The minimum atomic E-state index is -1.05. The van der Waals surface area contributed by atoms with Gasteiger partial charge >= 0.3 is 0 Å². The zero-order chi connectivity index (χ0) is 63.8. The quantitative estimate of drug-likeness (QED) is 0.0925. The van der Waals surface area contributed by atoms with Gasteiger partial charge in [-0.2, -0.15) is 0 Å². The predicted molar refractivity (Wildman–Crippen MR) is 406 cm³/mol. The van der Waals surface area contributed by atoms with E-state index in [4.69, 9.17) is 29.9 Å². The van der Waals surface area contributed by atoms with Gasteiger partial charge in [0.15, 0.2) is 16.7 Å². The monoisotopic (exact) mass is 1310 g/mol. The molecular weight excluding hydrogens is 1250 g/mol. The topological polar surface area (TPSA) is 116 Å². The third-order valence-corrected chi connectivity index (χ3v) is 26.3. The molecule has 0 saturated carbocycles. The average molecular weight is 1310 g/mol. The van der Waals surface area contributed by atoms with E-state index in [1.807, 2.05) is 110 Å². The molecule has 0 amide bonds. The lowest BCUT2D eigenvalue weighted by molar-refractivity contribution is 1.19. The van der Waals surface area contributed by atoms with Crippen molar-refractivity contribution in [1.82, 2.24) is 44.9 Å². The van der Waals surface area contributed by atoms with Crippen molar-refractivity contribution in [3.63, 3.8) is 0 Å². The van der Waals surface area contributed by atoms with Crippen molar-refractivity contribution in [2.75, 3.05) is 0 Å². The lowest BCUT2D eigenvalue weighted by Gasteiger charge is -2.24. The zero-order valence-electron chi connectivity index (χ0n) is 51.4. The Bertz CT molecular complexity index is 4460. The lowest BCUT2D eigenvalue weighted by atomic mass is 10.2. The maximum Gasteiger partial charge on any atom is 0.164 e. The molecular formula is C81H60N9P5. The predicted octanol–water partition coefficient (Wildman–Crippen LogP) is 11.9. The second-order valence-electron chi connectivity index (χ2n) is 21.6. The Balaban J connectivity index is 0.000000134. The summed E-state index contributed by atoms with van der Waals surface area (Å²) in [7, 11) is -4.91. The molecule has 14 heteroatoms. The average Bonchev–Trinajstić information content (AvgIpc) is 0.826.